The monoisotopic (exact) mass is 221 g/mol. The maximum Gasteiger partial charge on any atom is 0.254 e. The number of hydrogen-bond acceptors (Lipinski definition) is 4. The van der Waals surface area contributed by atoms with Gasteiger partial charge in [-0.25, -0.2) is 0 Å². The van der Waals surface area contributed by atoms with E-state index in [2.05, 4.69) is 5.32 Å². The van der Waals surface area contributed by atoms with E-state index in [1.807, 2.05) is 0 Å². The third kappa shape index (κ3) is 2.32. The summed E-state index contributed by atoms with van der Waals surface area (Å²) in [4.78, 5) is 11.5. The van der Waals surface area contributed by atoms with Gasteiger partial charge in [-0.3, -0.25) is 4.79 Å². The number of carbonyl (C=O) groups is 1. The van der Waals surface area contributed by atoms with E-state index in [4.69, 9.17) is 8.83 Å². The Labute approximate surface area is 91.7 Å². The van der Waals surface area contributed by atoms with Crippen LogP contribution in [0.4, 0.5) is 0 Å². The van der Waals surface area contributed by atoms with Gasteiger partial charge in [-0.2, -0.15) is 0 Å². The van der Waals surface area contributed by atoms with Gasteiger partial charge >= 0.3 is 0 Å². The van der Waals surface area contributed by atoms with Crippen molar-refractivity contribution in [3.8, 4) is 0 Å². The van der Waals surface area contributed by atoms with E-state index in [0.717, 1.165) is 0 Å². The first kappa shape index (κ1) is 10.5. The van der Waals surface area contributed by atoms with Gasteiger partial charge in [-0.1, -0.05) is 0 Å². The third-order valence-electron chi connectivity index (χ3n) is 2.17. The maximum absolute atomic E-state index is 11.5. The van der Waals surface area contributed by atoms with Crippen molar-refractivity contribution in [2.24, 2.45) is 0 Å². The molecule has 2 heterocycles. The van der Waals surface area contributed by atoms with Gasteiger partial charge in [0.15, 0.2) is 0 Å². The Bertz CT molecular complexity index is 433. The van der Waals surface area contributed by atoms with Crippen molar-refractivity contribution in [3.05, 3.63) is 48.3 Å². The fourth-order valence-electron chi connectivity index (χ4n) is 1.27. The van der Waals surface area contributed by atoms with Crippen LogP contribution in [0, 0.1) is 0 Å². The number of nitrogens with one attached hydrogen (secondary N) is 1. The van der Waals surface area contributed by atoms with Crippen molar-refractivity contribution in [2.75, 3.05) is 6.54 Å². The molecule has 2 rings (SSSR count). The van der Waals surface area contributed by atoms with Gasteiger partial charge in [-0.05, 0) is 12.1 Å². The summed E-state index contributed by atoms with van der Waals surface area (Å²) in [5.74, 6) is -0.281. The highest BCUT2D eigenvalue weighted by Crippen LogP contribution is 2.11. The van der Waals surface area contributed by atoms with Crippen molar-refractivity contribution in [2.45, 2.75) is 6.10 Å². The standard InChI is InChI=1S/C11H11NO4/c13-10(8-1-3-15-6-8)5-12-11(14)9-2-4-16-7-9/h1-4,6-7,10,13H,5H2,(H,12,14)/t10-/m1/s1. The lowest BCUT2D eigenvalue weighted by molar-refractivity contribution is 0.0915. The van der Waals surface area contributed by atoms with Crippen LogP contribution in [0.2, 0.25) is 0 Å². The number of furan rings is 2. The van der Waals surface area contributed by atoms with Crippen molar-refractivity contribution in [1.29, 1.82) is 0 Å². The molecule has 0 saturated heterocycles. The minimum atomic E-state index is -0.769. The molecule has 0 radical (unpaired) electrons. The fraction of sp³-hybridized carbons (Fsp3) is 0.182. The molecule has 16 heavy (non-hydrogen) atoms. The summed E-state index contributed by atoms with van der Waals surface area (Å²) in [6, 6.07) is 3.20. The number of carbonyl (C=O) groups excluding carboxylic acids is 1. The van der Waals surface area contributed by atoms with Crippen LogP contribution in [0.25, 0.3) is 0 Å². The molecule has 2 aromatic heterocycles. The van der Waals surface area contributed by atoms with E-state index in [9.17, 15) is 9.90 Å². The van der Waals surface area contributed by atoms with Crippen molar-refractivity contribution >= 4 is 5.91 Å². The normalized spacial score (nSPS) is 12.3. The molecule has 0 saturated carbocycles. The molecule has 2 N–H and O–H groups in total. The van der Waals surface area contributed by atoms with Gasteiger partial charge < -0.3 is 19.3 Å². The third-order valence-corrected chi connectivity index (χ3v) is 2.17. The first-order chi connectivity index (χ1) is 7.77. The second-order valence-electron chi connectivity index (χ2n) is 3.29. The Morgan fingerprint density at radius 1 is 1.31 bits per heavy atom. The van der Waals surface area contributed by atoms with Gasteiger partial charge in [0.2, 0.25) is 0 Å². The molecule has 1 atom stereocenters. The fourth-order valence-corrected chi connectivity index (χ4v) is 1.27. The lowest BCUT2D eigenvalue weighted by Crippen LogP contribution is -2.27. The Morgan fingerprint density at radius 3 is 2.69 bits per heavy atom. The van der Waals surface area contributed by atoms with Crippen LogP contribution in [0.3, 0.4) is 0 Å². The number of aliphatic hydroxyl groups excluding tert-OH is 1. The van der Waals surface area contributed by atoms with E-state index in [-0.39, 0.29) is 12.5 Å². The zero-order valence-electron chi connectivity index (χ0n) is 8.42. The molecule has 0 unspecified atom stereocenters. The van der Waals surface area contributed by atoms with Crippen LogP contribution in [-0.4, -0.2) is 17.6 Å². The molecule has 2 aromatic rings. The zero-order valence-corrected chi connectivity index (χ0v) is 8.42. The highest BCUT2D eigenvalue weighted by molar-refractivity contribution is 5.93. The van der Waals surface area contributed by atoms with Crippen LogP contribution in [0.5, 0.6) is 0 Å². The lowest BCUT2D eigenvalue weighted by Gasteiger charge is -2.08. The largest absolute Gasteiger partial charge is 0.472 e. The quantitative estimate of drug-likeness (QED) is 0.816. The van der Waals surface area contributed by atoms with E-state index in [0.29, 0.717) is 11.1 Å². The SMILES string of the molecule is O=C(NC[C@@H](O)c1ccoc1)c1ccoc1. The summed E-state index contributed by atoms with van der Waals surface area (Å²) in [7, 11) is 0. The first-order valence-corrected chi connectivity index (χ1v) is 4.78. The first-order valence-electron chi connectivity index (χ1n) is 4.78. The molecule has 1 amide bonds. The smallest absolute Gasteiger partial charge is 0.254 e. The second-order valence-corrected chi connectivity index (χ2v) is 3.29. The summed E-state index contributed by atoms with van der Waals surface area (Å²) in [5.41, 5.74) is 1.06. The van der Waals surface area contributed by atoms with Gasteiger partial charge in [0.05, 0.1) is 30.5 Å². The van der Waals surface area contributed by atoms with Crippen LogP contribution < -0.4 is 5.32 Å². The zero-order chi connectivity index (χ0) is 11.4. The average Bonchev–Trinajstić information content (AvgIpc) is 2.95. The summed E-state index contributed by atoms with van der Waals surface area (Å²) in [6.07, 6.45) is 4.90. The molecule has 0 aliphatic rings. The van der Waals surface area contributed by atoms with Gasteiger partial charge in [0.25, 0.3) is 5.91 Å². The Kier molecular flexibility index (Phi) is 3.07. The van der Waals surface area contributed by atoms with E-state index < -0.39 is 6.10 Å². The highest BCUT2D eigenvalue weighted by Gasteiger charge is 2.12. The van der Waals surface area contributed by atoms with Gasteiger partial charge in [0.1, 0.15) is 6.26 Å². The molecule has 84 valence electrons. The molecule has 0 aliphatic heterocycles. The molecule has 0 aliphatic carbocycles. The van der Waals surface area contributed by atoms with Crippen LogP contribution in [-0.2, 0) is 0 Å². The van der Waals surface area contributed by atoms with Crippen LogP contribution >= 0.6 is 0 Å². The maximum atomic E-state index is 11.5. The molecule has 5 nitrogen and oxygen atoms in total. The number of aliphatic hydroxyl groups is 1. The van der Waals surface area contributed by atoms with Crippen LogP contribution in [0.1, 0.15) is 22.0 Å². The topological polar surface area (TPSA) is 75.6 Å². The van der Waals surface area contributed by atoms with E-state index in [1.165, 1.54) is 25.1 Å². The molecular weight excluding hydrogens is 210 g/mol. The molecule has 0 fully saturated rings. The highest BCUT2D eigenvalue weighted by atomic mass is 16.3. The minimum Gasteiger partial charge on any atom is -0.472 e. The van der Waals surface area contributed by atoms with Crippen molar-refractivity contribution < 1.29 is 18.7 Å². The Morgan fingerprint density at radius 2 is 2.06 bits per heavy atom. The summed E-state index contributed by atoms with van der Waals surface area (Å²) >= 11 is 0. The number of hydrogen-bond donors (Lipinski definition) is 2. The summed E-state index contributed by atoms with van der Waals surface area (Å²) in [5, 5.41) is 12.2. The van der Waals surface area contributed by atoms with E-state index in [1.54, 1.807) is 12.1 Å². The van der Waals surface area contributed by atoms with Crippen molar-refractivity contribution in [3.63, 3.8) is 0 Å². The lowest BCUT2D eigenvalue weighted by atomic mass is 10.2. The number of rotatable bonds is 4. The van der Waals surface area contributed by atoms with Gasteiger partial charge in [-0.15, -0.1) is 0 Å². The molecule has 0 aromatic carbocycles. The summed E-state index contributed by atoms with van der Waals surface area (Å²) < 4.78 is 9.60. The number of amides is 1. The minimum absolute atomic E-state index is 0.129. The molecule has 5 heteroatoms. The molecular formula is C11H11NO4. The Balaban J connectivity index is 1.86. The predicted molar refractivity (Wildman–Crippen MR) is 54.7 cm³/mol. The summed E-state index contributed by atoms with van der Waals surface area (Å²) in [6.45, 7) is 0.129. The Hall–Kier alpha value is -2.01. The average molecular weight is 221 g/mol. The van der Waals surface area contributed by atoms with E-state index >= 15 is 0 Å². The van der Waals surface area contributed by atoms with Gasteiger partial charge in [0, 0.05) is 12.1 Å². The van der Waals surface area contributed by atoms with Crippen LogP contribution in [0.15, 0.2) is 46.0 Å². The predicted octanol–water partition coefficient (Wildman–Crippen LogP) is 1.34. The van der Waals surface area contributed by atoms with Crippen molar-refractivity contribution in [1.82, 2.24) is 5.32 Å². The molecule has 0 bridgehead atoms. The molecule has 0 spiro atoms. The second kappa shape index (κ2) is 4.67.